The number of hydrogen-bond acceptors (Lipinski definition) is 4. The van der Waals surface area contributed by atoms with Crippen molar-refractivity contribution in [2.24, 2.45) is 0 Å². The number of aromatic nitrogens is 2. The first-order valence-corrected chi connectivity index (χ1v) is 8.99. The van der Waals surface area contributed by atoms with Gasteiger partial charge in [0.05, 0.1) is 17.0 Å². The van der Waals surface area contributed by atoms with Gasteiger partial charge in [-0.15, -0.1) is 0 Å². The molecule has 5 heteroatoms. The van der Waals surface area contributed by atoms with E-state index in [1.54, 1.807) is 12.1 Å². The second-order valence-electron chi connectivity index (χ2n) is 7.03. The van der Waals surface area contributed by atoms with E-state index in [-0.39, 0.29) is 17.5 Å². The van der Waals surface area contributed by atoms with Gasteiger partial charge in [-0.05, 0) is 56.0 Å². The molecule has 0 saturated carbocycles. The molecule has 1 aromatic heterocycles. The number of nitrogens with one attached hydrogen (secondary N) is 1. The summed E-state index contributed by atoms with van der Waals surface area (Å²) in [6.45, 7) is 3.88. The maximum absolute atomic E-state index is 13.1. The van der Waals surface area contributed by atoms with Gasteiger partial charge in [0.2, 0.25) is 5.95 Å². The molecule has 0 spiro atoms. The average molecular weight is 361 g/mol. The van der Waals surface area contributed by atoms with E-state index in [4.69, 9.17) is 0 Å². The van der Waals surface area contributed by atoms with Gasteiger partial charge >= 0.3 is 0 Å². The molecule has 1 aliphatic rings. The molecular formula is C22H20FN3O. The van der Waals surface area contributed by atoms with Crippen LogP contribution in [0, 0.1) is 19.7 Å². The van der Waals surface area contributed by atoms with Crippen LogP contribution < -0.4 is 5.32 Å². The van der Waals surface area contributed by atoms with Crippen LogP contribution in [0.25, 0.3) is 0 Å². The third-order valence-corrected chi connectivity index (χ3v) is 4.96. The Balaban J connectivity index is 1.65. The number of benzene rings is 2. The lowest BCUT2D eigenvalue weighted by Gasteiger charge is -2.24. The number of hydrogen-bond donors (Lipinski definition) is 1. The predicted molar refractivity (Wildman–Crippen MR) is 103 cm³/mol. The summed E-state index contributed by atoms with van der Waals surface area (Å²) >= 11 is 0. The molecule has 1 heterocycles. The highest BCUT2D eigenvalue weighted by Crippen LogP contribution is 2.33. The van der Waals surface area contributed by atoms with E-state index in [0.717, 1.165) is 11.3 Å². The Hall–Kier alpha value is -3.08. The molecule has 136 valence electrons. The fourth-order valence-corrected chi connectivity index (χ4v) is 3.57. The van der Waals surface area contributed by atoms with Crippen LogP contribution in [-0.4, -0.2) is 15.8 Å². The molecule has 0 radical (unpaired) electrons. The molecule has 3 aromatic rings. The fraction of sp³-hybridized carbons (Fsp3) is 0.227. The minimum absolute atomic E-state index is 0.0904. The first kappa shape index (κ1) is 17.3. The largest absolute Gasteiger partial charge is 0.324 e. The molecule has 1 aliphatic carbocycles. The van der Waals surface area contributed by atoms with Crippen LogP contribution >= 0.6 is 0 Å². The van der Waals surface area contributed by atoms with E-state index in [0.29, 0.717) is 35.7 Å². The van der Waals surface area contributed by atoms with Gasteiger partial charge in [-0.2, -0.15) is 0 Å². The molecule has 2 aromatic carbocycles. The van der Waals surface area contributed by atoms with E-state index in [1.165, 1.54) is 17.7 Å². The Kier molecular flexibility index (Phi) is 4.44. The summed E-state index contributed by atoms with van der Waals surface area (Å²) in [5, 5.41) is 3.10. The van der Waals surface area contributed by atoms with Gasteiger partial charge in [0.1, 0.15) is 5.82 Å². The zero-order chi connectivity index (χ0) is 19.0. The second-order valence-corrected chi connectivity index (χ2v) is 7.03. The number of anilines is 2. The lowest BCUT2D eigenvalue weighted by Crippen LogP contribution is -2.22. The summed E-state index contributed by atoms with van der Waals surface area (Å²) in [7, 11) is 0. The summed E-state index contributed by atoms with van der Waals surface area (Å²) in [6, 6.07) is 14.3. The number of carbonyl (C=O) groups is 1. The third kappa shape index (κ3) is 3.58. The van der Waals surface area contributed by atoms with Crippen molar-refractivity contribution in [2.45, 2.75) is 32.6 Å². The summed E-state index contributed by atoms with van der Waals surface area (Å²) < 4.78 is 13.1. The predicted octanol–water partition coefficient (Wildman–Crippen LogP) is 4.89. The maximum atomic E-state index is 13.1. The zero-order valence-electron chi connectivity index (χ0n) is 15.3. The van der Waals surface area contributed by atoms with Crippen molar-refractivity contribution in [3.05, 3.63) is 82.4 Å². The monoisotopic (exact) mass is 361 g/mol. The Morgan fingerprint density at radius 2 is 1.67 bits per heavy atom. The molecule has 27 heavy (non-hydrogen) atoms. The number of Topliss-reactive ketones (excluding diaryl/α,β-unsaturated/α-hetero) is 1. The van der Waals surface area contributed by atoms with Crippen LogP contribution in [-0.2, 0) is 6.42 Å². The number of carbonyl (C=O) groups excluding carboxylic acids is 1. The van der Waals surface area contributed by atoms with E-state index in [9.17, 15) is 9.18 Å². The Morgan fingerprint density at radius 1 is 0.963 bits per heavy atom. The summed E-state index contributed by atoms with van der Waals surface area (Å²) in [6.07, 6.45) is 1.18. The maximum Gasteiger partial charge on any atom is 0.227 e. The molecule has 0 fully saturated rings. The first-order chi connectivity index (χ1) is 13.0. The van der Waals surface area contributed by atoms with E-state index in [2.05, 4.69) is 46.5 Å². The second kappa shape index (κ2) is 6.91. The van der Waals surface area contributed by atoms with Gasteiger partial charge in [-0.1, -0.05) is 29.8 Å². The standard InChI is InChI=1S/C22H20FN3O/c1-13-3-5-15(6-4-13)16-11-19-21(20(27)12-16)14(2)24-22(26-19)25-18-9-7-17(23)8-10-18/h3-10,16H,11-12H2,1-2H3,(H,24,25,26)/t16-/m0/s1. The highest BCUT2D eigenvalue weighted by atomic mass is 19.1. The van der Waals surface area contributed by atoms with Crippen LogP contribution in [0.1, 0.15) is 45.2 Å². The molecule has 1 atom stereocenters. The smallest absolute Gasteiger partial charge is 0.227 e. The van der Waals surface area contributed by atoms with Crippen molar-refractivity contribution in [3.8, 4) is 0 Å². The van der Waals surface area contributed by atoms with Crippen molar-refractivity contribution in [1.29, 1.82) is 0 Å². The Morgan fingerprint density at radius 3 is 2.37 bits per heavy atom. The van der Waals surface area contributed by atoms with Gasteiger partial charge in [-0.3, -0.25) is 4.79 Å². The van der Waals surface area contributed by atoms with E-state index < -0.39 is 0 Å². The Labute approximate surface area is 157 Å². The van der Waals surface area contributed by atoms with Crippen molar-refractivity contribution in [3.63, 3.8) is 0 Å². The fourth-order valence-electron chi connectivity index (χ4n) is 3.57. The van der Waals surface area contributed by atoms with Gasteiger partial charge in [0.25, 0.3) is 0 Å². The number of aryl methyl sites for hydroxylation is 2. The van der Waals surface area contributed by atoms with E-state index in [1.807, 2.05) is 6.92 Å². The van der Waals surface area contributed by atoms with Gasteiger partial charge in [-0.25, -0.2) is 14.4 Å². The average Bonchev–Trinajstić information content (AvgIpc) is 2.63. The molecule has 0 saturated heterocycles. The molecule has 0 aliphatic heterocycles. The number of rotatable bonds is 3. The summed E-state index contributed by atoms with van der Waals surface area (Å²) in [4.78, 5) is 21.7. The SMILES string of the molecule is Cc1ccc([C@@H]2CC(=O)c3c(C)nc(Nc4ccc(F)cc4)nc3C2)cc1. The molecule has 1 N–H and O–H groups in total. The topological polar surface area (TPSA) is 54.9 Å². The van der Waals surface area contributed by atoms with Crippen molar-refractivity contribution < 1.29 is 9.18 Å². The number of halogens is 1. The molecule has 0 amide bonds. The van der Waals surface area contributed by atoms with Crippen molar-refractivity contribution >= 4 is 17.4 Å². The van der Waals surface area contributed by atoms with Gasteiger partial charge < -0.3 is 5.32 Å². The van der Waals surface area contributed by atoms with Crippen LogP contribution in [0.5, 0.6) is 0 Å². The quantitative estimate of drug-likeness (QED) is 0.722. The third-order valence-electron chi connectivity index (χ3n) is 4.96. The van der Waals surface area contributed by atoms with Crippen LogP contribution in [0.4, 0.5) is 16.0 Å². The number of nitrogens with zero attached hydrogens (tertiary/aromatic N) is 2. The van der Waals surface area contributed by atoms with Crippen LogP contribution in [0.3, 0.4) is 0 Å². The van der Waals surface area contributed by atoms with Crippen molar-refractivity contribution in [2.75, 3.05) is 5.32 Å². The lowest BCUT2D eigenvalue weighted by molar-refractivity contribution is 0.0962. The van der Waals surface area contributed by atoms with Crippen LogP contribution in [0.2, 0.25) is 0 Å². The molecule has 4 nitrogen and oxygen atoms in total. The molecule has 0 bridgehead atoms. The summed E-state index contributed by atoms with van der Waals surface area (Å²) in [5.74, 6) is 0.344. The minimum atomic E-state index is -0.297. The molecule has 0 unspecified atom stereocenters. The minimum Gasteiger partial charge on any atom is -0.324 e. The number of ketones is 1. The highest BCUT2D eigenvalue weighted by molar-refractivity contribution is 5.99. The Bertz CT molecular complexity index is 997. The lowest BCUT2D eigenvalue weighted by atomic mass is 9.81. The zero-order valence-corrected chi connectivity index (χ0v) is 15.3. The van der Waals surface area contributed by atoms with Gasteiger partial charge in [0, 0.05) is 12.1 Å². The van der Waals surface area contributed by atoms with Gasteiger partial charge in [0.15, 0.2) is 5.78 Å². The highest BCUT2D eigenvalue weighted by Gasteiger charge is 2.29. The number of fused-ring (bicyclic) bond motifs is 1. The van der Waals surface area contributed by atoms with Crippen molar-refractivity contribution in [1.82, 2.24) is 9.97 Å². The van der Waals surface area contributed by atoms with Crippen LogP contribution in [0.15, 0.2) is 48.5 Å². The molecule has 4 rings (SSSR count). The normalized spacial score (nSPS) is 16.1. The molecular weight excluding hydrogens is 341 g/mol. The van der Waals surface area contributed by atoms with E-state index >= 15 is 0 Å². The summed E-state index contributed by atoms with van der Waals surface area (Å²) in [5.41, 5.74) is 5.15. The first-order valence-electron chi connectivity index (χ1n) is 8.99.